The Morgan fingerprint density at radius 1 is 1.11 bits per heavy atom. The van der Waals surface area contributed by atoms with Crippen LogP contribution in [0.5, 0.6) is 0 Å². The second kappa shape index (κ2) is 6.88. The van der Waals surface area contributed by atoms with Crippen molar-refractivity contribution in [3.8, 4) is 0 Å². The molecule has 0 bridgehead atoms. The van der Waals surface area contributed by atoms with Crippen molar-refractivity contribution in [2.75, 3.05) is 14.2 Å². The molecule has 18 heavy (non-hydrogen) atoms. The van der Waals surface area contributed by atoms with Gasteiger partial charge in [0.1, 0.15) is 0 Å². The van der Waals surface area contributed by atoms with E-state index < -0.39 is 27.0 Å². The lowest BCUT2D eigenvalue weighted by Crippen LogP contribution is -2.29. The van der Waals surface area contributed by atoms with Crippen LogP contribution in [0.1, 0.15) is 12.5 Å². The first kappa shape index (κ1) is 15.2. The van der Waals surface area contributed by atoms with Gasteiger partial charge in [0.2, 0.25) is 0 Å². The predicted octanol–water partition coefficient (Wildman–Crippen LogP) is 2.06. The SMILES string of the molecule is CO[SiH](OC)OC(C)Cc1cc(F)c(F)c(F)c1. The first-order chi connectivity index (χ1) is 8.47. The summed E-state index contributed by atoms with van der Waals surface area (Å²) in [7, 11) is 0.738. The summed E-state index contributed by atoms with van der Waals surface area (Å²) in [6.45, 7) is 1.72. The molecule has 1 aromatic rings. The number of hydrogen-bond donors (Lipinski definition) is 0. The van der Waals surface area contributed by atoms with Gasteiger partial charge in [-0.25, -0.2) is 13.2 Å². The number of hydrogen-bond acceptors (Lipinski definition) is 3. The van der Waals surface area contributed by atoms with Crippen LogP contribution in [0.25, 0.3) is 0 Å². The average Bonchev–Trinajstić information content (AvgIpc) is 2.32. The summed E-state index contributed by atoms with van der Waals surface area (Å²) in [5.41, 5.74) is 0.318. The minimum absolute atomic E-state index is 0.240. The molecule has 3 nitrogen and oxygen atoms in total. The van der Waals surface area contributed by atoms with Crippen LogP contribution in [0.2, 0.25) is 0 Å². The van der Waals surface area contributed by atoms with Gasteiger partial charge >= 0.3 is 9.53 Å². The van der Waals surface area contributed by atoms with Crippen LogP contribution in [0.3, 0.4) is 0 Å². The molecule has 0 aliphatic carbocycles. The van der Waals surface area contributed by atoms with Gasteiger partial charge in [-0.15, -0.1) is 0 Å². The van der Waals surface area contributed by atoms with Gasteiger partial charge < -0.3 is 13.3 Å². The molecule has 0 fully saturated rings. The number of rotatable bonds is 6. The first-order valence-corrected chi connectivity index (χ1v) is 6.73. The fourth-order valence-electron chi connectivity index (χ4n) is 1.50. The number of benzene rings is 1. The highest BCUT2D eigenvalue weighted by molar-refractivity contribution is 6.36. The lowest BCUT2D eigenvalue weighted by Gasteiger charge is -2.18. The van der Waals surface area contributed by atoms with Crippen molar-refractivity contribution in [3.05, 3.63) is 35.1 Å². The monoisotopic (exact) mass is 280 g/mol. The highest BCUT2D eigenvalue weighted by atomic mass is 28.3. The quantitative estimate of drug-likeness (QED) is 0.590. The van der Waals surface area contributed by atoms with Gasteiger partial charge in [0.15, 0.2) is 17.5 Å². The van der Waals surface area contributed by atoms with Gasteiger partial charge in [-0.3, -0.25) is 0 Å². The van der Waals surface area contributed by atoms with Crippen LogP contribution >= 0.6 is 0 Å². The molecule has 0 N–H and O–H groups in total. The minimum atomic E-state index is -2.19. The second-order valence-corrected chi connectivity index (χ2v) is 5.58. The summed E-state index contributed by atoms with van der Waals surface area (Å²) in [6, 6.07) is 1.91. The number of halogens is 3. The van der Waals surface area contributed by atoms with Crippen molar-refractivity contribution in [2.24, 2.45) is 0 Å². The molecule has 1 unspecified atom stereocenters. The Morgan fingerprint density at radius 2 is 1.61 bits per heavy atom. The van der Waals surface area contributed by atoms with Crippen molar-refractivity contribution >= 4 is 9.53 Å². The van der Waals surface area contributed by atoms with Crippen molar-refractivity contribution in [3.63, 3.8) is 0 Å². The molecule has 0 saturated carbocycles. The van der Waals surface area contributed by atoms with Crippen LogP contribution < -0.4 is 0 Å². The highest BCUT2D eigenvalue weighted by Gasteiger charge is 2.17. The van der Waals surface area contributed by atoms with E-state index in [4.69, 9.17) is 13.3 Å². The fraction of sp³-hybridized carbons (Fsp3) is 0.455. The van der Waals surface area contributed by atoms with Crippen LogP contribution in [0.15, 0.2) is 12.1 Å². The van der Waals surface area contributed by atoms with Crippen molar-refractivity contribution in [1.82, 2.24) is 0 Å². The summed E-state index contributed by atoms with van der Waals surface area (Å²) in [6.07, 6.45) is -0.101. The Balaban J connectivity index is 2.67. The van der Waals surface area contributed by atoms with Gasteiger partial charge in [0.25, 0.3) is 0 Å². The van der Waals surface area contributed by atoms with Crippen molar-refractivity contribution in [1.29, 1.82) is 0 Å². The van der Waals surface area contributed by atoms with E-state index in [0.717, 1.165) is 12.1 Å². The summed E-state index contributed by atoms with van der Waals surface area (Å²) < 4.78 is 54.1. The smallest absolute Gasteiger partial charge is 0.379 e. The summed E-state index contributed by atoms with van der Waals surface area (Å²) in [4.78, 5) is 0. The normalized spacial score (nSPS) is 13.1. The zero-order valence-electron chi connectivity index (χ0n) is 10.4. The summed E-state index contributed by atoms with van der Waals surface area (Å²) in [5, 5.41) is 0. The maximum Gasteiger partial charge on any atom is 0.483 e. The molecule has 0 aromatic heterocycles. The van der Waals surface area contributed by atoms with E-state index in [2.05, 4.69) is 0 Å². The molecule has 0 aliphatic rings. The highest BCUT2D eigenvalue weighted by Crippen LogP contribution is 2.16. The van der Waals surface area contributed by atoms with Crippen LogP contribution in [-0.2, 0) is 19.7 Å². The molecule has 0 spiro atoms. The maximum atomic E-state index is 13.0. The Morgan fingerprint density at radius 3 is 2.06 bits per heavy atom. The Bertz CT molecular complexity index is 376. The lowest BCUT2D eigenvalue weighted by molar-refractivity contribution is 0.0951. The van der Waals surface area contributed by atoms with Crippen LogP contribution in [0.4, 0.5) is 13.2 Å². The third-order valence-electron chi connectivity index (χ3n) is 2.30. The topological polar surface area (TPSA) is 27.7 Å². The largest absolute Gasteiger partial charge is 0.483 e. The van der Waals surface area contributed by atoms with E-state index in [9.17, 15) is 13.2 Å². The molecule has 0 saturated heterocycles. The van der Waals surface area contributed by atoms with E-state index in [1.165, 1.54) is 14.2 Å². The third kappa shape index (κ3) is 4.09. The third-order valence-corrected chi connectivity index (χ3v) is 3.75. The van der Waals surface area contributed by atoms with E-state index >= 15 is 0 Å². The lowest BCUT2D eigenvalue weighted by atomic mass is 10.1. The Kier molecular flexibility index (Phi) is 5.80. The minimum Gasteiger partial charge on any atom is -0.379 e. The molecule has 0 heterocycles. The van der Waals surface area contributed by atoms with E-state index in [0.29, 0.717) is 5.56 Å². The molecule has 1 atom stereocenters. The van der Waals surface area contributed by atoms with Crippen molar-refractivity contribution in [2.45, 2.75) is 19.4 Å². The maximum absolute atomic E-state index is 13.0. The van der Waals surface area contributed by atoms with E-state index in [1.807, 2.05) is 0 Å². The summed E-state index contributed by atoms with van der Waals surface area (Å²) >= 11 is 0. The van der Waals surface area contributed by atoms with Crippen LogP contribution in [-0.4, -0.2) is 29.9 Å². The van der Waals surface area contributed by atoms with Gasteiger partial charge in [-0.05, 0) is 31.0 Å². The van der Waals surface area contributed by atoms with Gasteiger partial charge in [-0.1, -0.05) is 0 Å². The molecule has 1 rings (SSSR count). The molecule has 0 amide bonds. The van der Waals surface area contributed by atoms with Gasteiger partial charge in [0.05, 0.1) is 6.10 Å². The second-order valence-electron chi connectivity index (χ2n) is 3.78. The molecule has 7 heteroatoms. The standard InChI is InChI=1S/C11H15F3O3Si/c1-7(17-18(15-2)16-3)4-8-5-9(12)11(14)10(13)6-8/h5-7,18H,4H2,1-3H3. The molecule has 0 radical (unpaired) electrons. The van der Waals surface area contributed by atoms with Gasteiger partial charge in [0, 0.05) is 14.2 Å². The molecule has 1 aromatic carbocycles. The zero-order valence-corrected chi connectivity index (χ0v) is 11.5. The van der Waals surface area contributed by atoms with Crippen molar-refractivity contribution < 1.29 is 26.4 Å². The zero-order chi connectivity index (χ0) is 13.7. The molecule has 102 valence electrons. The predicted molar refractivity (Wildman–Crippen MR) is 61.7 cm³/mol. The average molecular weight is 280 g/mol. The summed E-state index contributed by atoms with van der Waals surface area (Å²) in [5.74, 6) is -3.87. The van der Waals surface area contributed by atoms with E-state index in [-0.39, 0.29) is 12.5 Å². The molecule has 0 aliphatic heterocycles. The van der Waals surface area contributed by atoms with E-state index in [1.54, 1.807) is 6.92 Å². The first-order valence-electron chi connectivity index (χ1n) is 5.32. The molecular formula is C11H15F3O3Si. The Labute approximate surface area is 105 Å². The fourth-order valence-corrected chi connectivity index (χ4v) is 2.39. The molecular weight excluding hydrogens is 265 g/mol. The Hall–Kier alpha value is -0.893. The van der Waals surface area contributed by atoms with Crippen LogP contribution in [0, 0.1) is 17.5 Å². The van der Waals surface area contributed by atoms with Gasteiger partial charge in [-0.2, -0.15) is 0 Å².